The fourth-order valence-electron chi connectivity index (χ4n) is 2.10. The van der Waals surface area contributed by atoms with Crippen LogP contribution in [0, 0.1) is 37.3 Å². The van der Waals surface area contributed by atoms with Gasteiger partial charge < -0.3 is 0 Å². The van der Waals surface area contributed by atoms with E-state index in [4.69, 9.17) is 0 Å². The topological polar surface area (TPSA) is 146 Å². The average molecular weight is 331 g/mol. The lowest BCUT2D eigenvalue weighted by Gasteiger charge is -2.04. The lowest BCUT2D eigenvalue weighted by molar-refractivity contribution is -0.395. The molecule has 2 aromatic carbocycles. The van der Waals surface area contributed by atoms with E-state index in [1.54, 1.807) is 0 Å². The molecule has 0 bridgehead atoms. The Bertz CT molecular complexity index is 839. The van der Waals surface area contributed by atoms with Crippen LogP contribution in [-0.2, 0) is 0 Å². The number of rotatable bonds is 5. The number of nitrogens with zero attached hydrogens (tertiary/aromatic N) is 3. The summed E-state index contributed by atoms with van der Waals surface area (Å²) in [5.41, 5.74) is -1.71. The van der Waals surface area contributed by atoms with Gasteiger partial charge in [-0.05, 0) is 19.1 Å². The molecule has 2 rings (SSSR count). The maximum absolute atomic E-state index is 12.4. The summed E-state index contributed by atoms with van der Waals surface area (Å²) in [6, 6.07) is 6.46. The monoisotopic (exact) mass is 331 g/mol. The van der Waals surface area contributed by atoms with Crippen LogP contribution in [0.1, 0.15) is 21.5 Å². The Morgan fingerprint density at radius 2 is 1.25 bits per heavy atom. The number of carbonyl (C=O) groups excluding carboxylic acids is 1. The van der Waals surface area contributed by atoms with Crippen LogP contribution in [0.5, 0.6) is 0 Å². The van der Waals surface area contributed by atoms with E-state index in [1.165, 1.54) is 19.1 Å². The summed E-state index contributed by atoms with van der Waals surface area (Å²) in [6.45, 7) is 1.22. The van der Waals surface area contributed by atoms with Crippen LogP contribution in [0.2, 0.25) is 0 Å². The van der Waals surface area contributed by atoms with Crippen molar-refractivity contribution in [3.8, 4) is 0 Å². The zero-order valence-corrected chi connectivity index (χ0v) is 12.2. The van der Waals surface area contributed by atoms with Gasteiger partial charge >= 0.3 is 0 Å². The number of nitro benzene ring substituents is 3. The van der Waals surface area contributed by atoms with Crippen molar-refractivity contribution >= 4 is 22.8 Å². The average Bonchev–Trinajstić information content (AvgIpc) is 2.53. The predicted octanol–water partition coefficient (Wildman–Crippen LogP) is 2.95. The minimum absolute atomic E-state index is 0.0213. The highest BCUT2D eigenvalue weighted by Gasteiger charge is 2.25. The minimum Gasteiger partial charge on any atom is -0.289 e. The normalized spacial score (nSPS) is 10.2. The maximum atomic E-state index is 12.4. The molecule has 10 heteroatoms. The van der Waals surface area contributed by atoms with Gasteiger partial charge in [0.1, 0.15) is 5.56 Å². The number of hydrogen-bond donors (Lipinski definition) is 0. The molecule has 2 aromatic rings. The summed E-state index contributed by atoms with van der Waals surface area (Å²) in [4.78, 5) is 42.8. The van der Waals surface area contributed by atoms with Crippen LogP contribution >= 0.6 is 0 Å². The van der Waals surface area contributed by atoms with Crippen molar-refractivity contribution in [2.75, 3.05) is 0 Å². The van der Waals surface area contributed by atoms with Crippen molar-refractivity contribution in [3.63, 3.8) is 0 Å². The Kier molecular flexibility index (Phi) is 4.31. The van der Waals surface area contributed by atoms with Gasteiger partial charge in [0.15, 0.2) is 5.78 Å². The first-order valence-corrected chi connectivity index (χ1v) is 6.45. The van der Waals surface area contributed by atoms with E-state index in [0.717, 1.165) is 24.3 Å². The smallest absolute Gasteiger partial charge is 0.279 e. The van der Waals surface area contributed by atoms with Gasteiger partial charge in [-0.3, -0.25) is 35.1 Å². The molecule has 0 aromatic heterocycles. The van der Waals surface area contributed by atoms with Gasteiger partial charge in [-0.1, -0.05) is 0 Å². The van der Waals surface area contributed by atoms with E-state index in [1.807, 2.05) is 0 Å². The Morgan fingerprint density at radius 1 is 0.792 bits per heavy atom. The SMILES string of the molecule is Cc1c([N+](=O)[O-])cc(C(=O)c2ccc([N+](=O)[O-])cc2)cc1[N+](=O)[O-]. The second kappa shape index (κ2) is 6.20. The van der Waals surface area contributed by atoms with E-state index in [-0.39, 0.29) is 22.4 Å². The van der Waals surface area contributed by atoms with Crippen molar-refractivity contribution in [1.29, 1.82) is 0 Å². The molecule has 0 saturated carbocycles. The van der Waals surface area contributed by atoms with Gasteiger partial charge in [0.25, 0.3) is 17.1 Å². The number of ketones is 1. The molecule has 0 spiro atoms. The first kappa shape index (κ1) is 16.7. The molecule has 0 heterocycles. The first-order chi connectivity index (χ1) is 11.2. The van der Waals surface area contributed by atoms with Crippen LogP contribution in [-0.4, -0.2) is 20.6 Å². The van der Waals surface area contributed by atoms with Gasteiger partial charge in [-0.15, -0.1) is 0 Å². The zero-order chi connectivity index (χ0) is 18.0. The fraction of sp³-hybridized carbons (Fsp3) is 0.0714. The molecule has 24 heavy (non-hydrogen) atoms. The standard InChI is InChI=1S/C14H9N3O7/c1-8-12(16(21)22)6-10(7-13(8)17(23)24)14(18)9-2-4-11(5-3-9)15(19)20/h2-7H,1H3. The Morgan fingerprint density at radius 3 is 1.62 bits per heavy atom. The zero-order valence-electron chi connectivity index (χ0n) is 12.2. The molecule has 0 aliphatic rings. The lowest BCUT2D eigenvalue weighted by atomic mass is 9.99. The summed E-state index contributed by atoms with van der Waals surface area (Å²) in [5.74, 6) is -0.712. The van der Waals surface area contributed by atoms with E-state index >= 15 is 0 Å². The van der Waals surface area contributed by atoms with E-state index in [0.29, 0.717) is 0 Å². The third-order valence-corrected chi connectivity index (χ3v) is 3.35. The molecular weight excluding hydrogens is 322 g/mol. The predicted molar refractivity (Wildman–Crippen MR) is 81.0 cm³/mol. The van der Waals surface area contributed by atoms with Crippen molar-refractivity contribution in [3.05, 3.63) is 83.4 Å². The molecule has 0 saturated heterocycles. The number of carbonyl (C=O) groups is 1. The molecular formula is C14H9N3O7. The number of benzene rings is 2. The highest BCUT2D eigenvalue weighted by Crippen LogP contribution is 2.30. The molecule has 0 amide bonds. The summed E-state index contributed by atoms with van der Waals surface area (Å²) in [5, 5.41) is 32.6. The van der Waals surface area contributed by atoms with Crippen molar-refractivity contribution < 1.29 is 19.6 Å². The molecule has 0 fully saturated rings. The quantitative estimate of drug-likeness (QED) is 0.464. The van der Waals surface area contributed by atoms with Crippen molar-refractivity contribution in [2.24, 2.45) is 0 Å². The molecule has 0 radical (unpaired) electrons. The van der Waals surface area contributed by atoms with Crippen LogP contribution < -0.4 is 0 Å². The third kappa shape index (κ3) is 3.06. The summed E-state index contributed by atoms with van der Waals surface area (Å²) >= 11 is 0. The fourth-order valence-corrected chi connectivity index (χ4v) is 2.10. The molecule has 0 aliphatic carbocycles. The second-order valence-electron chi connectivity index (χ2n) is 4.79. The second-order valence-corrected chi connectivity index (χ2v) is 4.79. The van der Waals surface area contributed by atoms with Gasteiger partial charge in [-0.25, -0.2) is 0 Å². The lowest BCUT2D eigenvalue weighted by Crippen LogP contribution is -2.06. The molecule has 0 N–H and O–H groups in total. The Hall–Kier alpha value is -3.69. The van der Waals surface area contributed by atoms with Crippen LogP contribution in [0.15, 0.2) is 36.4 Å². The largest absolute Gasteiger partial charge is 0.289 e. The van der Waals surface area contributed by atoms with Gasteiger partial charge in [0, 0.05) is 35.4 Å². The minimum atomic E-state index is -0.811. The van der Waals surface area contributed by atoms with Crippen LogP contribution in [0.4, 0.5) is 17.1 Å². The van der Waals surface area contributed by atoms with Crippen LogP contribution in [0.25, 0.3) is 0 Å². The molecule has 10 nitrogen and oxygen atoms in total. The van der Waals surface area contributed by atoms with E-state index in [2.05, 4.69) is 0 Å². The van der Waals surface area contributed by atoms with E-state index < -0.39 is 31.9 Å². The highest BCUT2D eigenvalue weighted by molar-refractivity contribution is 6.10. The van der Waals surface area contributed by atoms with Gasteiger partial charge in [0.2, 0.25) is 0 Å². The third-order valence-electron chi connectivity index (χ3n) is 3.35. The summed E-state index contributed by atoms with van der Waals surface area (Å²) in [7, 11) is 0. The number of hydrogen-bond acceptors (Lipinski definition) is 7. The summed E-state index contributed by atoms with van der Waals surface area (Å²) < 4.78 is 0. The molecule has 0 aliphatic heterocycles. The molecule has 0 atom stereocenters. The summed E-state index contributed by atoms with van der Waals surface area (Å²) in [6.07, 6.45) is 0. The number of non-ortho nitro benzene ring substituents is 1. The van der Waals surface area contributed by atoms with Crippen LogP contribution in [0.3, 0.4) is 0 Å². The first-order valence-electron chi connectivity index (χ1n) is 6.45. The Balaban J connectivity index is 2.54. The molecule has 0 unspecified atom stereocenters. The van der Waals surface area contributed by atoms with Crippen molar-refractivity contribution in [1.82, 2.24) is 0 Å². The molecule has 122 valence electrons. The van der Waals surface area contributed by atoms with Gasteiger partial charge in [-0.2, -0.15) is 0 Å². The van der Waals surface area contributed by atoms with Gasteiger partial charge in [0.05, 0.1) is 14.8 Å². The van der Waals surface area contributed by atoms with Crippen molar-refractivity contribution in [2.45, 2.75) is 6.92 Å². The Labute approximate surface area is 133 Å². The number of nitro groups is 3. The van der Waals surface area contributed by atoms with E-state index in [9.17, 15) is 35.1 Å². The highest BCUT2D eigenvalue weighted by atomic mass is 16.6. The maximum Gasteiger partial charge on any atom is 0.279 e.